The van der Waals surface area contributed by atoms with E-state index in [1.54, 1.807) is 11.3 Å². The summed E-state index contributed by atoms with van der Waals surface area (Å²) in [5, 5.41) is 5.89. The SMILES string of the molecule is NC1(C(=O)NCc2csc(-c3ccccc3)n2)CCCC1. The Labute approximate surface area is 128 Å². The Balaban J connectivity index is 1.62. The van der Waals surface area contributed by atoms with E-state index in [0.29, 0.717) is 6.54 Å². The summed E-state index contributed by atoms with van der Waals surface area (Å²) < 4.78 is 0. The van der Waals surface area contributed by atoms with Crippen LogP contribution in [0.1, 0.15) is 31.4 Å². The van der Waals surface area contributed by atoms with Crippen LogP contribution in [0.4, 0.5) is 0 Å². The highest BCUT2D eigenvalue weighted by Gasteiger charge is 2.36. The van der Waals surface area contributed by atoms with Crippen molar-refractivity contribution in [3.63, 3.8) is 0 Å². The predicted molar refractivity (Wildman–Crippen MR) is 84.8 cm³/mol. The Kier molecular flexibility index (Phi) is 4.03. The number of carbonyl (C=O) groups excluding carboxylic acids is 1. The van der Waals surface area contributed by atoms with Crippen molar-refractivity contribution in [3.05, 3.63) is 41.4 Å². The molecular weight excluding hydrogens is 282 g/mol. The molecule has 0 atom stereocenters. The van der Waals surface area contributed by atoms with Crippen molar-refractivity contribution >= 4 is 17.2 Å². The lowest BCUT2D eigenvalue weighted by Crippen LogP contribution is -2.51. The summed E-state index contributed by atoms with van der Waals surface area (Å²) in [7, 11) is 0. The highest BCUT2D eigenvalue weighted by atomic mass is 32.1. The highest BCUT2D eigenvalue weighted by Crippen LogP contribution is 2.27. The molecule has 1 aromatic carbocycles. The molecule has 0 aliphatic heterocycles. The molecule has 3 N–H and O–H groups in total. The van der Waals surface area contributed by atoms with E-state index >= 15 is 0 Å². The molecule has 1 saturated carbocycles. The molecule has 3 rings (SSSR count). The van der Waals surface area contributed by atoms with E-state index in [0.717, 1.165) is 41.9 Å². The van der Waals surface area contributed by atoms with Crippen LogP contribution in [-0.4, -0.2) is 16.4 Å². The lowest BCUT2D eigenvalue weighted by molar-refractivity contribution is -0.126. The third-order valence-corrected chi connectivity index (χ3v) is 4.89. The fraction of sp³-hybridized carbons (Fsp3) is 0.375. The van der Waals surface area contributed by atoms with Crippen molar-refractivity contribution in [3.8, 4) is 10.6 Å². The molecule has 4 nitrogen and oxygen atoms in total. The van der Waals surface area contributed by atoms with Crippen molar-refractivity contribution in [2.75, 3.05) is 0 Å². The number of carbonyl (C=O) groups is 1. The van der Waals surface area contributed by atoms with Crippen molar-refractivity contribution in [1.29, 1.82) is 0 Å². The Bertz CT molecular complexity index is 617. The summed E-state index contributed by atoms with van der Waals surface area (Å²) in [5.74, 6) is -0.0470. The maximum absolute atomic E-state index is 12.2. The standard InChI is InChI=1S/C16H19N3OS/c17-16(8-4-5-9-16)15(20)18-10-13-11-21-14(19-13)12-6-2-1-3-7-12/h1-3,6-7,11H,4-5,8-10,17H2,(H,18,20). The maximum Gasteiger partial charge on any atom is 0.240 e. The van der Waals surface area contributed by atoms with Gasteiger partial charge in [-0.25, -0.2) is 4.98 Å². The molecule has 0 radical (unpaired) electrons. The van der Waals surface area contributed by atoms with Crippen LogP contribution in [0.5, 0.6) is 0 Å². The van der Waals surface area contributed by atoms with Gasteiger partial charge in [0, 0.05) is 10.9 Å². The molecule has 110 valence electrons. The minimum atomic E-state index is -0.668. The van der Waals surface area contributed by atoms with Gasteiger partial charge in [-0.1, -0.05) is 43.2 Å². The Morgan fingerprint density at radius 3 is 2.71 bits per heavy atom. The van der Waals surface area contributed by atoms with Crippen molar-refractivity contribution in [2.45, 2.75) is 37.8 Å². The molecule has 0 unspecified atom stereocenters. The molecule has 2 aromatic rings. The second kappa shape index (κ2) is 5.95. The Hall–Kier alpha value is -1.72. The zero-order valence-corrected chi connectivity index (χ0v) is 12.7. The van der Waals surface area contributed by atoms with Gasteiger partial charge < -0.3 is 11.1 Å². The first-order valence-electron chi connectivity index (χ1n) is 7.24. The summed E-state index contributed by atoms with van der Waals surface area (Å²) >= 11 is 1.59. The van der Waals surface area contributed by atoms with E-state index in [1.807, 2.05) is 35.7 Å². The average Bonchev–Trinajstić information content (AvgIpc) is 3.15. The minimum absolute atomic E-state index is 0.0470. The van der Waals surface area contributed by atoms with Gasteiger partial charge in [-0.3, -0.25) is 4.79 Å². The van der Waals surface area contributed by atoms with E-state index in [9.17, 15) is 4.79 Å². The number of aromatic nitrogens is 1. The van der Waals surface area contributed by atoms with Gasteiger partial charge in [0.25, 0.3) is 0 Å². The second-order valence-electron chi connectivity index (χ2n) is 5.56. The van der Waals surface area contributed by atoms with Gasteiger partial charge in [0.1, 0.15) is 5.01 Å². The molecule has 0 spiro atoms. The van der Waals surface area contributed by atoms with Gasteiger partial charge in [0.2, 0.25) is 5.91 Å². The summed E-state index contributed by atoms with van der Waals surface area (Å²) in [5.41, 5.74) is 7.45. The van der Waals surface area contributed by atoms with E-state index in [2.05, 4.69) is 10.3 Å². The van der Waals surface area contributed by atoms with Crippen LogP contribution >= 0.6 is 11.3 Å². The van der Waals surface area contributed by atoms with E-state index in [1.165, 1.54) is 0 Å². The number of rotatable bonds is 4. The molecule has 1 aliphatic rings. The first kappa shape index (κ1) is 14.2. The van der Waals surface area contributed by atoms with Crippen LogP contribution in [0.2, 0.25) is 0 Å². The predicted octanol–water partition coefficient (Wildman–Crippen LogP) is 2.70. The number of amides is 1. The Morgan fingerprint density at radius 1 is 1.29 bits per heavy atom. The molecule has 21 heavy (non-hydrogen) atoms. The summed E-state index contributed by atoms with van der Waals surface area (Å²) in [6.45, 7) is 0.446. The fourth-order valence-electron chi connectivity index (χ4n) is 2.68. The monoisotopic (exact) mass is 301 g/mol. The number of hydrogen-bond donors (Lipinski definition) is 2. The summed E-state index contributed by atoms with van der Waals surface area (Å²) in [6.07, 6.45) is 3.65. The lowest BCUT2D eigenvalue weighted by Gasteiger charge is -2.21. The van der Waals surface area contributed by atoms with Crippen molar-refractivity contribution in [1.82, 2.24) is 10.3 Å². The number of thiazole rings is 1. The van der Waals surface area contributed by atoms with Crippen LogP contribution in [-0.2, 0) is 11.3 Å². The van der Waals surface area contributed by atoms with Crippen LogP contribution < -0.4 is 11.1 Å². The maximum atomic E-state index is 12.2. The zero-order chi connectivity index (χ0) is 14.7. The smallest absolute Gasteiger partial charge is 0.240 e. The van der Waals surface area contributed by atoms with Gasteiger partial charge in [-0.05, 0) is 12.8 Å². The molecular formula is C16H19N3OS. The normalized spacial score (nSPS) is 16.8. The lowest BCUT2D eigenvalue weighted by atomic mass is 9.98. The molecule has 1 aliphatic carbocycles. The number of hydrogen-bond acceptors (Lipinski definition) is 4. The topological polar surface area (TPSA) is 68.0 Å². The summed E-state index contributed by atoms with van der Waals surface area (Å²) in [6, 6.07) is 10.1. The molecule has 1 aromatic heterocycles. The van der Waals surface area contributed by atoms with Gasteiger partial charge in [0.05, 0.1) is 17.8 Å². The number of nitrogens with two attached hydrogens (primary N) is 1. The minimum Gasteiger partial charge on any atom is -0.349 e. The van der Waals surface area contributed by atoms with Crippen LogP contribution in [0.3, 0.4) is 0 Å². The zero-order valence-electron chi connectivity index (χ0n) is 11.8. The molecule has 0 saturated heterocycles. The number of benzene rings is 1. The number of nitrogens with one attached hydrogen (secondary N) is 1. The van der Waals surface area contributed by atoms with E-state index < -0.39 is 5.54 Å². The fourth-order valence-corrected chi connectivity index (χ4v) is 3.51. The van der Waals surface area contributed by atoms with Gasteiger partial charge in [-0.15, -0.1) is 11.3 Å². The molecule has 1 amide bonds. The molecule has 5 heteroatoms. The summed E-state index contributed by atoms with van der Waals surface area (Å²) in [4.78, 5) is 16.7. The highest BCUT2D eigenvalue weighted by molar-refractivity contribution is 7.13. The molecule has 1 fully saturated rings. The van der Waals surface area contributed by atoms with Crippen LogP contribution in [0.15, 0.2) is 35.7 Å². The van der Waals surface area contributed by atoms with Crippen molar-refractivity contribution < 1.29 is 4.79 Å². The average molecular weight is 301 g/mol. The van der Waals surface area contributed by atoms with Crippen LogP contribution in [0, 0.1) is 0 Å². The van der Waals surface area contributed by atoms with Crippen molar-refractivity contribution in [2.24, 2.45) is 5.73 Å². The molecule has 0 bridgehead atoms. The largest absolute Gasteiger partial charge is 0.349 e. The molecule has 1 heterocycles. The first-order valence-corrected chi connectivity index (χ1v) is 8.12. The third-order valence-electron chi connectivity index (χ3n) is 3.95. The van der Waals surface area contributed by atoms with Gasteiger partial charge in [-0.2, -0.15) is 0 Å². The second-order valence-corrected chi connectivity index (χ2v) is 6.41. The third kappa shape index (κ3) is 3.14. The quantitative estimate of drug-likeness (QED) is 0.912. The van der Waals surface area contributed by atoms with E-state index in [-0.39, 0.29) is 5.91 Å². The Morgan fingerprint density at radius 2 is 2.00 bits per heavy atom. The number of nitrogens with zero attached hydrogens (tertiary/aromatic N) is 1. The first-order chi connectivity index (χ1) is 10.2. The van der Waals surface area contributed by atoms with Gasteiger partial charge in [0.15, 0.2) is 0 Å². The van der Waals surface area contributed by atoms with Crippen LogP contribution in [0.25, 0.3) is 10.6 Å². The van der Waals surface area contributed by atoms with Gasteiger partial charge >= 0.3 is 0 Å². The van der Waals surface area contributed by atoms with E-state index in [4.69, 9.17) is 5.73 Å².